The Balaban J connectivity index is 4.28. The van der Waals surface area contributed by atoms with Gasteiger partial charge in [0.05, 0.1) is 0 Å². The van der Waals surface area contributed by atoms with E-state index in [2.05, 4.69) is 15.7 Å². The molecule has 0 spiro atoms. The van der Waals surface area contributed by atoms with Gasteiger partial charge in [0.1, 0.15) is 6.07 Å². The van der Waals surface area contributed by atoms with Crippen LogP contribution < -0.4 is 5.73 Å². The second kappa shape index (κ2) is 4.00. The largest absolute Gasteiger partial charge is 0.364 e. The summed E-state index contributed by atoms with van der Waals surface area (Å²) in [6, 6.07) is 1.36. The third-order valence-corrected chi connectivity index (χ3v) is 0.605. The minimum absolute atomic E-state index is 0.639. The monoisotopic (exact) mass is 155 g/mol. The Hall–Kier alpha value is -1.90. The van der Waals surface area contributed by atoms with Gasteiger partial charge in [-0.05, 0) is 0 Å². The second-order valence-corrected chi connectivity index (χ2v) is 1.50. The molecular formula is C5H5N3O3. The zero-order valence-electron chi connectivity index (χ0n) is 5.70. The molecule has 0 aliphatic rings. The van der Waals surface area contributed by atoms with E-state index >= 15 is 0 Å². The minimum atomic E-state index is -1.03. The Morgan fingerprint density at radius 1 is 1.64 bits per heavy atom. The highest BCUT2D eigenvalue weighted by Crippen LogP contribution is 1.80. The molecule has 0 aromatic heterocycles. The summed E-state index contributed by atoms with van der Waals surface area (Å²) in [5.74, 6) is -1.76. The molecule has 0 heterocycles. The van der Waals surface area contributed by atoms with E-state index in [1.165, 1.54) is 6.07 Å². The van der Waals surface area contributed by atoms with Gasteiger partial charge in [-0.15, -0.1) is 0 Å². The number of nitriles is 1. The molecule has 0 aliphatic heterocycles. The summed E-state index contributed by atoms with van der Waals surface area (Å²) in [7, 11) is 0. The number of hydrogen-bond acceptors (Lipinski definition) is 5. The van der Waals surface area contributed by atoms with Gasteiger partial charge >= 0.3 is 5.97 Å². The first-order valence-corrected chi connectivity index (χ1v) is 2.53. The van der Waals surface area contributed by atoms with Crippen molar-refractivity contribution in [2.24, 2.45) is 10.9 Å². The molecule has 2 N–H and O–H groups in total. The zero-order valence-corrected chi connectivity index (χ0v) is 5.70. The summed E-state index contributed by atoms with van der Waals surface area (Å²) < 4.78 is 0. The maximum Gasteiger partial charge on any atom is 0.332 e. The SMILES string of the molecule is CC(=O)ON=C(C#N)C(N)=O. The maximum absolute atomic E-state index is 10.2. The van der Waals surface area contributed by atoms with Crippen LogP contribution in [0, 0.1) is 11.3 Å². The molecule has 0 rings (SSSR count). The van der Waals surface area contributed by atoms with Gasteiger partial charge in [0.25, 0.3) is 5.91 Å². The molecule has 1 amide bonds. The van der Waals surface area contributed by atoms with Crippen molar-refractivity contribution in [2.45, 2.75) is 6.92 Å². The molecule has 0 unspecified atom stereocenters. The molecule has 0 atom stereocenters. The smallest absolute Gasteiger partial charge is 0.332 e. The van der Waals surface area contributed by atoms with Crippen LogP contribution in [0.4, 0.5) is 0 Å². The predicted molar refractivity (Wildman–Crippen MR) is 34.0 cm³/mol. The number of carbonyl (C=O) groups is 2. The highest BCUT2D eigenvalue weighted by atomic mass is 16.7. The van der Waals surface area contributed by atoms with E-state index in [4.69, 9.17) is 5.26 Å². The number of amides is 1. The molecule has 0 saturated heterocycles. The molecule has 0 fully saturated rings. The number of nitrogens with two attached hydrogens (primary N) is 1. The molecule has 0 radical (unpaired) electrons. The molecule has 0 saturated carbocycles. The lowest BCUT2D eigenvalue weighted by molar-refractivity contribution is -0.140. The molecule has 0 aromatic rings. The van der Waals surface area contributed by atoms with Gasteiger partial charge in [0.2, 0.25) is 5.71 Å². The molecule has 11 heavy (non-hydrogen) atoms. The standard InChI is InChI=1S/C5H5N3O3/c1-3(9)11-8-4(2-6)5(7)10/h1H3,(H2,7,10). The van der Waals surface area contributed by atoms with Crippen LogP contribution in [0.15, 0.2) is 5.16 Å². The van der Waals surface area contributed by atoms with E-state index < -0.39 is 17.6 Å². The minimum Gasteiger partial charge on any atom is -0.364 e. The van der Waals surface area contributed by atoms with Crippen molar-refractivity contribution < 1.29 is 14.4 Å². The molecule has 0 aromatic carbocycles. The molecule has 0 aliphatic carbocycles. The lowest BCUT2D eigenvalue weighted by Crippen LogP contribution is -2.22. The van der Waals surface area contributed by atoms with Crippen molar-refractivity contribution >= 4 is 17.6 Å². The predicted octanol–water partition coefficient (Wildman–Crippen LogP) is -1.09. The summed E-state index contributed by atoms with van der Waals surface area (Å²) in [4.78, 5) is 24.3. The third kappa shape index (κ3) is 3.64. The van der Waals surface area contributed by atoms with Gasteiger partial charge in [-0.2, -0.15) is 5.26 Å². The van der Waals surface area contributed by atoms with Crippen LogP contribution in [0.1, 0.15) is 6.92 Å². The van der Waals surface area contributed by atoms with Gasteiger partial charge in [-0.25, -0.2) is 4.79 Å². The van der Waals surface area contributed by atoms with E-state index in [9.17, 15) is 9.59 Å². The highest BCUT2D eigenvalue weighted by Gasteiger charge is 2.05. The Bertz CT molecular complexity index is 250. The van der Waals surface area contributed by atoms with Crippen molar-refractivity contribution in [3.05, 3.63) is 0 Å². The van der Waals surface area contributed by atoms with Crippen LogP contribution in [0.5, 0.6) is 0 Å². The Kier molecular flexibility index (Phi) is 3.31. The van der Waals surface area contributed by atoms with E-state index in [-0.39, 0.29) is 0 Å². The number of nitrogens with zero attached hydrogens (tertiary/aromatic N) is 2. The fourth-order valence-electron chi connectivity index (χ4n) is 0.230. The van der Waals surface area contributed by atoms with E-state index in [1.54, 1.807) is 0 Å². The average Bonchev–Trinajstić information content (AvgIpc) is 1.87. The Labute approximate surface area is 62.2 Å². The highest BCUT2D eigenvalue weighted by molar-refractivity contribution is 6.44. The van der Waals surface area contributed by atoms with Gasteiger partial charge in [-0.1, -0.05) is 5.16 Å². The quantitative estimate of drug-likeness (QED) is 0.310. The van der Waals surface area contributed by atoms with Crippen molar-refractivity contribution in [2.75, 3.05) is 0 Å². The number of primary amides is 1. The topological polar surface area (TPSA) is 106 Å². The Morgan fingerprint density at radius 2 is 2.18 bits per heavy atom. The lowest BCUT2D eigenvalue weighted by Gasteiger charge is -1.89. The van der Waals surface area contributed by atoms with Crippen molar-refractivity contribution in [1.29, 1.82) is 5.26 Å². The molecular weight excluding hydrogens is 150 g/mol. The number of rotatable bonds is 2. The second-order valence-electron chi connectivity index (χ2n) is 1.50. The Morgan fingerprint density at radius 3 is 2.45 bits per heavy atom. The molecule has 0 bridgehead atoms. The van der Waals surface area contributed by atoms with Crippen LogP contribution in [-0.4, -0.2) is 17.6 Å². The average molecular weight is 155 g/mol. The van der Waals surface area contributed by atoms with E-state index in [0.29, 0.717) is 0 Å². The van der Waals surface area contributed by atoms with E-state index in [1.807, 2.05) is 0 Å². The summed E-state index contributed by atoms with van der Waals surface area (Å²) in [6.45, 7) is 1.08. The van der Waals surface area contributed by atoms with Gasteiger partial charge in [-0.3, -0.25) is 4.79 Å². The van der Waals surface area contributed by atoms with Crippen LogP contribution in [0.3, 0.4) is 0 Å². The van der Waals surface area contributed by atoms with Gasteiger partial charge < -0.3 is 10.6 Å². The summed E-state index contributed by atoms with van der Waals surface area (Å²) in [6.07, 6.45) is 0. The van der Waals surface area contributed by atoms with Crippen molar-refractivity contribution in [3.63, 3.8) is 0 Å². The van der Waals surface area contributed by atoms with Crippen molar-refractivity contribution in [1.82, 2.24) is 0 Å². The van der Waals surface area contributed by atoms with Crippen LogP contribution in [0.25, 0.3) is 0 Å². The molecule has 6 heteroatoms. The van der Waals surface area contributed by atoms with Crippen LogP contribution >= 0.6 is 0 Å². The maximum atomic E-state index is 10.2. The van der Waals surface area contributed by atoms with Crippen LogP contribution in [0.2, 0.25) is 0 Å². The number of oxime groups is 1. The summed E-state index contributed by atoms with van der Waals surface area (Å²) in [5, 5.41) is 11.0. The molecule has 58 valence electrons. The summed E-state index contributed by atoms with van der Waals surface area (Å²) in [5.41, 5.74) is 4.01. The van der Waals surface area contributed by atoms with Crippen LogP contribution in [-0.2, 0) is 14.4 Å². The first kappa shape index (κ1) is 9.10. The first-order valence-electron chi connectivity index (χ1n) is 2.53. The summed E-state index contributed by atoms with van der Waals surface area (Å²) >= 11 is 0. The lowest BCUT2D eigenvalue weighted by atomic mass is 10.4. The first-order chi connectivity index (χ1) is 5.07. The zero-order chi connectivity index (χ0) is 8.85. The van der Waals surface area contributed by atoms with Crippen molar-refractivity contribution in [3.8, 4) is 6.07 Å². The van der Waals surface area contributed by atoms with Gasteiger partial charge in [0, 0.05) is 6.92 Å². The van der Waals surface area contributed by atoms with Gasteiger partial charge in [0.15, 0.2) is 0 Å². The number of carbonyl (C=O) groups excluding carboxylic acids is 2. The fraction of sp³-hybridized carbons (Fsp3) is 0.200. The fourth-order valence-corrected chi connectivity index (χ4v) is 0.230. The third-order valence-electron chi connectivity index (χ3n) is 0.605. The normalized spacial score (nSPS) is 10.0. The van der Waals surface area contributed by atoms with E-state index in [0.717, 1.165) is 6.92 Å². The number of hydrogen-bond donors (Lipinski definition) is 1. The molecule has 6 nitrogen and oxygen atoms in total.